The first-order valence-electron chi connectivity index (χ1n) is 8.58. The van der Waals surface area contributed by atoms with E-state index in [2.05, 4.69) is 55.4 Å². The zero-order valence-electron chi connectivity index (χ0n) is 15.5. The van der Waals surface area contributed by atoms with Crippen molar-refractivity contribution in [3.05, 3.63) is 29.8 Å². The molecule has 1 N–H and O–H groups in total. The highest BCUT2D eigenvalue weighted by Crippen LogP contribution is 2.37. The molecule has 0 aliphatic heterocycles. The summed E-state index contributed by atoms with van der Waals surface area (Å²) in [5.74, 6) is 1.07. The van der Waals surface area contributed by atoms with Gasteiger partial charge in [-0.05, 0) is 51.3 Å². The summed E-state index contributed by atoms with van der Waals surface area (Å²) in [6.45, 7) is 7.73. The van der Waals surface area contributed by atoms with Gasteiger partial charge in [-0.3, -0.25) is 0 Å². The van der Waals surface area contributed by atoms with Gasteiger partial charge in [0, 0.05) is 25.2 Å². The summed E-state index contributed by atoms with van der Waals surface area (Å²) in [4.78, 5) is 2.34. The van der Waals surface area contributed by atoms with Gasteiger partial charge in [-0.1, -0.05) is 32.0 Å². The Bertz CT molecular complexity index is 458. The minimum absolute atomic E-state index is 0. The predicted molar refractivity (Wildman–Crippen MR) is 108 cm³/mol. The van der Waals surface area contributed by atoms with E-state index in [4.69, 9.17) is 4.74 Å². The molecule has 0 radical (unpaired) electrons. The Morgan fingerprint density at radius 1 is 1.17 bits per heavy atom. The topological polar surface area (TPSA) is 24.5 Å². The van der Waals surface area contributed by atoms with E-state index < -0.39 is 0 Å². The maximum Gasteiger partial charge on any atom is 0.124 e. The Hall–Kier alpha value is -0.480. The minimum atomic E-state index is 0. The first-order chi connectivity index (χ1) is 10.5. The van der Waals surface area contributed by atoms with E-state index in [1.165, 1.54) is 31.2 Å². The van der Waals surface area contributed by atoms with Crippen LogP contribution in [0.3, 0.4) is 0 Å². The SMILES string of the molecule is CNCCN(C)Cc1ccccc1OC1CCC(C)(C)CC1.Cl.Cl. The van der Waals surface area contributed by atoms with Crippen LogP contribution in [0.1, 0.15) is 45.1 Å². The van der Waals surface area contributed by atoms with Crippen LogP contribution in [0.15, 0.2) is 24.3 Å². The number of halogens is 2. The number of likely N-dealkylation sites (N-methyl/N-ethyl adjacent to an activating group) is 2. The number of rotatable bonds is 7. The fourth-order valence-corrected chi connectivity index (χ4v) is 3.09. The lowest BCUT2D eigenvalue weighted by Gasteiger charge is -2.34. The summed E-state index contributed by atoms with van der Waals surface area (Å²) in [7, 11) is 4.16. The zero-order valence-corrected chi connectivity index (χ0v) is 17.1. The van der Waals surface area contributed by atoms with E-state index in [1.54, 1.807) is 0 Å². The van der Waals surface area contributed by atoms with Gasteiger partial charge in [0.05, 0.1) is 6.10 Å². The molecule has 1 saturated carbocycles. The summed E-state index contributed by atoms with van der Waals surface area (Å²) in [5.41, 5.74) is 1.79. The van der Waals surface area contributed by atoms with Crippen LogP contribution in [-0.2, 0) is 6.54 Å². The number of nitrogens with one attached hydrogen (secondary N) is 1. The summed E-state index contributed by atoms with van der Waals surface area (Å²) in [6, 6.07) is 8.51. The molecule has 0 amide bonds. The highest BCUT2D eigenvalue weighted by molar-refractivity contribution is 5.85. The molecule has 0 heterocycles. The van der Waals surface area contributed by atoms with Crippen LogP contribution in [0.4, 0.5) is 0 Å². The Balaban J connectivity index is 0.00000264. The highest BCUT2D eigenvalue weighted by Gasteiger charge is 2.28. The van der Waals surface area contributed by atoms with Crippen molar-refractivity contribution < 1.29 is 4.74 Å². The second-order valence-electron chi connectivity index (χ2n) is 7.43. The van der Waals surface area contributed by atoms with Gasteiger partial charge in [0.2, 0.25) is 0 Å². The molecular formula is C19H34Cl2N2O. The van der Waals surface area contributed by atoms with Gasteiger partial charge >= 0.3 is 0 Å². The second-order valence-corrected chi connectivity index (χ2v) is 7.43. The van der Waals surface area contributed by atoms with Crippen LogP contribution < -0.4 is 10.1 Å². The second kappa shape index (κ2) is 11.2. The minimum Gasteiger partial charge on any atom is -0.490 e. The number of nitrogens with zero attached hydrogens (tertiary/aromatic N) is 1. The Morgan fingerprint density at radius 2 is 1.79 bits per heavy atom. The molecule has 0 saturated heterocycles. The van der Waals surface area contributed by atoms with Crippen LogP contribution >= 0.6 is 24.8 Å². The Labute approximate surface area is 160 Å². The maximum absolute atomic E-state index is 6.34. The van der Waals surface area contributed by atoms with Crippen LogP contribution in [0, 0.1) is 5.41 Å². The monoisotopic (exact) mass is 376 g/mol. The molecule has 0 spiro atoms. The molecule has 1 aromatic rings. The van der Waals surface area contributed by atoms with E-state index in [0.29, 0.717) is 11.5 Å². The Morgan fingerprint density at radius 3 is 2.42 bits per heavy atom. The van der Waals surface area contributed by atoms with Gasteiger partial charge in [-0.2, -0.15) is 0 Å². The molecule has 140 valence electrons. The van der Waals surface area contributed by atoms with Gasteiger partial charge in [-0.15, -0.1) is 24.8 Å². The van der Waals surface area contributed by atoms with Crippen LogP contribution in [0.25, 0.3) is 0 Å². The van der Waals surface area contributed by atoms with E-state index in [-0.39, 0.29) is 24.8 Å². The summed E-state index contributed by atoms with van der Waals surface area (Å²) < 4.78 is 6.34. The van der Waals surface area contributed by atoms with Gasteiger partial charge in [0.25, 0.3) is 0 Å². The quantitative estimate of drug-likeness (QED) is 0.756. The molecule has 0 unspecified atom stereocenters. The fourth-order valence-electron chi connectivity index (χ4n) is 3.09. The van der Waals surface area contributed by atoms with Gasteiger partial charge in [0.1, 0.15) is 5.75 Å². The molecule has 1 fully saturated rings. The van der Waals surface area contributed by atoms with Crippen molar-refractivity contribution in [3.63, 3.8) is 0 Å². The largest absolute Gasteiger partial charge is 0.490 e. The smallest absolute Gasteiger partial charge is 0.124 e. The molecule has 0 aromatic heterocycles. The molecule has 2 rings (SSSR count). The number of hydrogen-bond acceptors (Lipinski definition) is 3. The molecule has 0 atom stereocenters. The standard InChI is InChI=1S/C19H32N2O.2ClH/c1-19(2)11-9-17(10-12-19)22-18-8-6-5-7-16(18)15-21(4)14-13-20-3;;/h5-8,17,20H,9-15H2,1-4H3;2*1H. The average Bonchev–Trinajstić information content (AvgIpc) is 2.49. The Kier molecular flexibility index (Phi) is 11.0. The first kappa shape index (κ1) is 23.5. The van der Waals surface area contributed by atoms with Crippen LogP contribution in [-0.4, -0.2) is 38.2 Å². The molecule has 1 aliphatic carbocycles. The highest BCUT2D eigenvalue weighted by atomic mass is 35.5. The molecule has 0 bridgehead atoms. The van der Waals surface area contributed by atoms with E-state index >= 15 is 0 Å². The van der Waals surface area contributed by atoms with Crippen LogP contribution in [0.5, 0.6) is 5.75 Å². The van der Waals surface area contributed by atoms with E-state index in [1.807, 2.05) is 7.05 Å². The summed E-state index contributed by atoms with van der Waals surface area (Å²) >= 11 is 0. The third kappa shape index (κ3) is 7.60. The lowest BCUT2D eigenvalue weighted by Crippen LogP contribution is -2.29. The molecule has 3 nitrogen and oxygen atoms in total. The molecule has 24 heavy (non-hydrogen) atoms. The molecule has 5 heteroatoms. The first-order valence-corrected chi connectivity index (χ1v) is 8.58. The van der Waals surface area contributed by atoms with Crippen molar-refractivity contribution in [1.29, 1.82) is 0 Å². The third-order valence-electron chi connectivity index (χ3n) is 4.74. The summed E-state index contributed by atoms with van der Waals surface area (Å²) in [6.07, 6.45) is 5.27. The number of hydrogen-bond donors (Lipinski definition) is 1. The predicted octanol–water partition coefficient (Wildman–Crippen LogP) is 4.53. The van der Waals surface area contributed by atoms with Gasteiger partial charge in [0.15, 0.2) is 0 Å². The molecule has 1 aliphatic rings. The number of ether oxygens (including phenoxy) is 1. The normalized spacial score (nSPS) is 17.0. The van der Waals surface area contributed by atoms with E-state index in [9.17, 15) is 0 Å². The third-order valence-corrected chi connectivity index (χ3v) is 4.74. The van der Waals surface area contributed by atoms with Crippen molar-refractivity contribution in [3.8, 4) is 5.75 Å². The number of benzene rings is 1. The van der Waals surface area contributed by atoms with Crippen molar-refractivity contribution in [2.45, 2.75) is 52.2 Å². The van der Waals surface area contributed by atoms with Gasteiger partial charge in [-0.25, -0.2) is 0 Å². The van der Waals surface area contributed by atoms with Gasteiger partial charge < -0.3 is 15.0 Å². The zero-order chi connectivity index (χ0) is 16.0. The molecular weight excluding hydrogens is 343 g/mol. The van der Waals surface area contributed by atoms with Crippen molar-refractivity contribution in [1.82, 2.24) is 10.2 Å². The van der Waals surface area contributed by atoms with E-state index in [0.717, 1.165) is 25.4 Å². The maximum atomic E-state index is 6.34. The van der Waals surface area contributed by atoms with Crippen LogP contribution in [0.2, 0.25) is 0 Å². The summed E-state index contributed by atoms with van der Waals surface area (Å²) in [5, 5.41) is 3.20. The van der Waals surface area contributed by atoms with Crippen molar-refractivity contribution in [2.75, 3.05) is 27.2 Å². The van der Waals surface area contributed by atoms with Crippen molar-refractivity contribution in [2.24, 2.45) is 5.41 Å². The number of para-hydroxylation sites is 1. The molecule has 1 aromatic carbocycles. The van der Waals surface area contributed by atoms with Crippen molar-refractivity contribution >= 4 is 24.8 Å². The lowest BCUT2D eigenvalue weighted by molar-refractivity contribution is 0.0972. The average molecular weight is 377 g/mol. The fraction of sp³-hybridized carbons (Fsp3) is 0.684. The lowest BCUT2D eigenvalue weighted by atomic mass is 9.76.